The lowest BCUT2D eigenvalue weighted by Gasteiger charge is -2.03. The van der Waals surface area contributed by atoms with Gasteiger partial charge in [-0.1, -0.05) is 61.4 Å². The average molecular weight is 295 g/mol. The van der Waals surface area contributed by atoms with Gasteiger partial charge in [-0.3, -0.25) is 4.79 Å². The van der Waals surface area contributed by atoms with Crippen LogP contribution in [0.1, 0.15) is 37.7 Å². The van der Waals surface area contributed by atoms with Crippen LogP contribution in [-0.2, 0) is 16.0 Å². The van der Waals surface area contributed by atoms with Crippen molar-refractivity contribution in [3.8, 4) is 0 Å². The Kier molecular flexibility index (Phi) is 10.3. The standard InChI is InChI=1S/C16H25NO2S/c17-14-19-11-7-2-1-3-8-12-20-16(18)13-15-9-5-4-6-10-15/h4-6,9-10H,1-3,7-8,11-14,17H2. The molecular formula is C16H25NO2S. The van der Waals surface area contributed by atoms with Gasteiger partial charge in [0.1, 0.15) is 0 Å². The summed E-state index contributed by atoms with van der Waals surface area (Å²) < 4.78 is 5.08. The van der Waals surface area contributed by atoms with Crippen molar-refractivity contribution in [2.75, 3.05) is 19.1 Å². The first-order chi connectivity index (χ1) is 9.83. The highest BCUT2D eigenvalue weighted by Crippen LogP contribution is 2.12. The van der Waals surface area contributed by atoms with Crippen molar-refractivity contribution in [1.82, 2.24) is 0 Å². The number of hydrogen-bond donors (Lipinski definition) is 1. The summed E-state index contributed by atoms with van der Waals surface area (Å²) in [6, 6.07) is 9.92. The van der Waals surface area contributed by atoms with E-state index in [4.69, 9.17) is 10.5 Å². The summed E-state index contributed by atoms with van der Waals surface area (Å²) in [6.07, 6.45) is 6.32. The molecule has 4 heteroatoms. The van der Waals surface area contributed by atoms with Crippen LogP contribution in [-0.4, -0.2) is 24.2 Å². The van der Waals surface area contributed by atoms with Crippen LogP contribution in [0.5, 0.6) is 0 Å². The molecule has 1 aromatic carbocycles. The van der Waals surface area contributed by atoms with Gasteiger partial charge in [0.15, 0.2) is 5.12 Å². The summed E-state index contributed by atoms with van der Waals surface area (Å²) in [5.74, 6) is 0.935. The third kappa shape index (κ3) is 9.13. The fraction of sp³-hybridized carbons (Fsp3) is 0.562. The van der Waals surface area contributed by atoms with Gasteiger partial charge < -0.3 is 10.5 Å². The van der Waals surface area contributed by atoms with E-state index in [-0.39, 0.29) is 5.12 Å². The number of carbonyl (C=O) groups is 1. The van der Waals surface area contributed by atoms with Gasteiger partial charge in [0.2, 0.25) is 0 Å². The SMILES string of the molecule is NCOCCCCCCCSC(=O)Cc1ccccc1. The largest absolute Gasteiger partial charge is 0.367 e. The van der Waals surface area contributed by atoms with Crippen LogP contribution in [0.2, 0.25) is 0 Å². The molecule has 0 saturated heterocycles. The minimum Gasteiger partial charge on any atom is -0.367 e. The first kappa shape index (κ1) is 17.2. The van der Waals surface area contributed by atoms with E-state index in [9.17, 15) is 4.79 Å². The highest BCUT2D eigenvalue weighted by atomic mass is 32.2. The molecule has 0 spiro atoms. The van der Waals surface area contributed by atoms with Crippen molar-refractivity contribution >= 4 is 16.9 Å². The van der Waals surface area contributed by atoms with Crippen LogP contribution in [0.15, 0.2) is 30.3 Å². The van der Waals surface area contributed by atoms with Crippen LogP contribution in [0.4, 0.5) is 0 Å². The Morgan fingerprint density at radius 3 is 2.50 bits per heavy atom. The number of nitrogens with two attached hydrogens (primary N) is 1. The van der Waals surface area contributed by atoms with Gasteiger partial charge in [-0.05, 0) is 18.4 Å². The molecule has 0 atom stereocenters. The van der Waals surface area contributed by atoms with Gasteiger partial charge in [-0.15, -0.1) is 0 Å². The molecule has 0 unspecified atom stereocenters. The molecule has 0 bridgehead atoms. The summed E-state index contributed by atoms with van der Waals surface area (Å²) in [6.45, 7) is 1.08. The first-order valence-corrected chi connectivity index (χ1v) is 8.29. The second kappa shape index (κ2) is 11.9. The van der Waals surface area contributed by atoms with E-state index in [1.807, 2.05) is 30.3 Å². The highest BCUT2D eigenvalue weighted by Gasteiger charge is 2.03. The minimum atomic E-state index is 0.271. The summed E-state index contributed by atoms with van der Waals surface area (Å²) in [7, 11) is 0. The zero-order valence-corrected chi connectivity index (χ0v) is 12.9. The zero-order chi connectivity index (χ0) is 14.5. The lowest BCUT2D eigenvalue weighted by molar-refractivity contribution is -0.110. The van der Waals surface area contributed by atoms with Gasteiger partial charge in [0.05, 0.1) is 6.73 Å². The van der Waals surface area contributed by atoms with Crippen LogP contribution in [0.25, 0.3) is 0 Å². The van der Waals surface area contributed by atoms with Crippen LogP contribution < -0.4 is 5.73 Å². The van der Waals surface area contributed by atoms with Crippen molar-refractivity contribution in [2.24, 2.45) is 5.73 Å². The summed E-state index contributed by atoms with van der Waals surface area (Å²) in [5.41, 5.74) is 6.34. The maximum Gasteiger partial charge on any atom is 0.193 e. The van der Waals surface area contributed by atoms with E-state index in [0.29, 0.717) is 13.2 Å². The summed E-state index contributed by atoms with van der Waals surface area (Å²) in [5, 5.41) is 0.271. The van der Waals surface area contributed by atoms with Crippen LogP contribution >= 0.6 is 11.8 Å². The average Bonchev–Trinajstić information content (AvgIpc) is 2.46. The molecule has 20 heavy (non-hydrogen) atoms. The molecular weight excluding hydrogens is 270 g/mol. The molecule has 0 aliphatic rings. The van der Waals surface area contributed by atoms with Crippen molar-refractivity contribution in [2.45, 2.75) is 38.5 Å². The molecule has 1 aromatic rings. The van der Waals surface area contributed by atoms with Gasteiger partial charge in [-0.25, -0.2) is 0 Å². The van der Waals surface area contributed by atoms with Crippen molar-refractivity contribution < 1.29 is 9.53 Å². The lowest BCUT2D eigenvalue weighted by atomic mass is 10.2. The molecule has 112 valence electrons. The number of unbranched alkanes of at least 4 members (excludes halogenated alkanes) is 4. The van der Waals surface area contributed by atoms with Gasteiger partial charge >= 0.3 is 0 Å². The number of carbonyl (C=O) groups excluding carboxylic acids is 1. The van der Waals surface area contributed by atoms with Gasteiger partial charge in [0, 0.05) is 18.8 Å². The second-order valence-corrected chi connectivity index (χ2v) is 5.88. The molecule has 2 N–H and O–H groups in total. The molecule has 0 aromatic heterocycles. The molecule has 0 amide bonds. The normalized spacial score (nSPS) is 10.7. The molecule has 0 saturated carbocycles. The summed E-state index contributed by atoms with van der Waals surface area (Å²) >= 11 is 1.46. The Morgan fingerprint density at radius 2 is 1.75 bits per heavy atom. The van der Waals surface area contributed by atoms with E-state index in [1.165, 1.54) is 31.0 Å². The van der Waals surface area contributed by atoms with Crippen molar-refractivity contribution in [3.05, 3.63) is 35.9 Å². The third-order valence-electron chi connectivity index (χ3n) is 3.01. The number of thioether (sulfide) groups is 1. The van der Waals surface area contributed by atoms with E-state index >= 15 is 0 Å². The van der Waals surface area contributed by atoms with E-state index < -0.39 is 0 Å². The van der Waals surface area contributed by atoms with Crippen LogP contribution in [0.3, 0.4) is 0 Å². The second-order valence-electron chi connectivity index (χ2n) is 4.73. The molecule has 0 aliphatic heterocycles. The zero-order valence-electron chi connectivity index (χ0n) is 12.1. The predicted octanol–water partition coefficient (Wildman–Crippen LogP) is 3.37. The minimum absolute atomic E-state index is 0.271. The monoisotopic (exact) mass is 295 g/mol. The quantitative estimate of drug-likeness (QED) is 0.502. The molecule has 0 fully saturated rings. The third-order valence-corrected chi connectivity index (χ3v) is 3.96. The van der Waals surface area contributed by atoms with E-state index in [1.54, 1.807) is 0 Å². The Balaban J connectivity index is 1.92. The molecule has 0 heterocycles. The van der Waals surface area contributed by atoms with Crippen molar-refractivity contribution in [3.63, 3.8) is 0 Å². The highest BCUT2D eigenvalue weighted by molar-refractivity contribution is 8.13. The number of hydrogen-bond acceptors (Lipinski definition) is 4. The van der Waals surface area contributed by atoms with E-state index in [0.717, 1.165) is 30.8 Å². The van der Waals surface area contributed by atoms with Gasteiger partial charge in [-0.2, -0.15) is 0 Å². The number of benzene rings is 1. The predicted molar refractivity (Wildman–Crippen MR) is 85.7 cm³/mol. The molecule has 3 nitrogen and oxygen atoms in total. The fourth-order valence-corrected chi connectivity index (χ4v) is 2.76. The van der Waals surface area contributed by atoms with Crippen LogP contribution in [0, 0.1) is 0 Å². The molecule has 0 aliphatic carbocycles. The molecule has 0 radical (unpaired) electrons. The molecule has 1 rings (SSSR count). The van der Waals surface area contributed by atoms with E-state index in [2.05, 4.69) is 0 Å². The number of ether oxygens (including phenoxy) is 1. The number of rotatable bonds is 11. The van der Waals surface area contributed by atoms with Crippen molar-refractivity contribution in [1.29, 1.82) is 0 Å². The Hall–Kier alpha value is -0.840. The lowest BCUT2D eigenvalue weighted by Crippen LogP contribution is -2.05. The Bertz CT molecular complexity index is 357. The maximum atomic E-state index is 11.8. The smallest absolute Gasteiger partial charge is 0.193 e. The first-order valence-electron chi connectivity index (χ1n) is 7.30. The Morgan fingerprint density at radius 1 is 1.05 bits per heavy atom. The summed E-state index contributed by atoms with van der Waals surface area (Å²) in [4.78, 5) is 11.8. The fourth-order valence-electron chi connectivity index (χ4n) is 1.92. The van der Waals surface area contributed by atoms with Gasteiger partial charge in [0.25, 0.3) is 0 Å². The topological polar surface area (TPSA) is 52.3 Å². The Labute approximate surface area is 126 Å². The maximum absolute atomic E-state index is 11.8.